The number of guanidine groups is 1. The van der Waals surface area contributed by atoms with Crippen molar-refractivity contribution in [1.29, 1.82) is 0 Å². The first kappa shape index (κ1) is 23.5. The summed E-state index contributed by atoms with van der Waals surface area (Å²) in [6.45, 7) is 3.78. The number of rotatable bonds is 7. The van der Waals surface area contributed by atoms with Crippen molar-refractivity contribution in [3.63, 3.8) is 0 Å². The highest BCUT2D eigenvalue weighted by molar-refractivity contribution is 14.0. The van der Waals surface area contributed by atoms with Gasteiger partial charge in [0.15, 0.2) is 5.96 Å². The predicted octanol–water partition coefficient (Wildman–Crippen LogP) is 4.14. The molecular weight excluding hydrogens is 479 g/mol. The van der Waals surface area contributed by atoms with Crippen molar-refractivity contribution >= 4 is 29.9 Å². The SMILES string of the molecule is CN=C(NCC(c1ccco1)N1CCCCC1)N(C)Cc1ccc(OC)cc1.I. The fourth-order valence-corrected chi connectivity index (χ4v) is 3.77. The highest BCUT2D eigenvalue weighted by Crippen LogP contribution is 2.24. The number of halogens is 1. The van der Waals surface area contributed by atoms with Crippen LogP contribution in [0.3, 0.4) is 0 Å². The van der Waals surface area contributed by atoms with Gasteiger partial charge in [0.05, 0.1) is 19.4 Å². The first-order valence-corrected chi connectivity index (χ1v) is 10.0. The summed E-state index contributed by atoms with van der Waals surface area (Å²) in [4.78, 5) is 9.13. The molecule has 0 spiro atoms. The normalized spacial score (nSPS) is 16.0. The standard InChI is InChI=1S/C22H32N4O2.HI/c1-23-22(25(2)17-18-9-11-19(27-3)12-10-18)24-16-20(21-8-7-15-28-21)26-13-5-4-6-14-26;/h7-12,15,20H,4-6,13-14,16-17H2,1-3H3,(H,23,24);1H. The maximum Gasteiger partial charge on any atom is 0.193 e. The number of nitrogens with one attached hydrogen (secondary N) is 1. The monoisotopic (exact) mass is 512 g/mol. The Morgan fingerprint density at radius 3 is 2.52 bits per heavy atom. The number of ether oxygens (including phenoxy) is 1. The molecular formula is C22H33IN4O2. The number of benzene rings is 1. The number of piperidine rings is 1. The molecule has 29 heavy (non-hydrogen) atoms. The summed E-state index contributed by atoms with van der Waals surface area (Å²) in [6, 6.07) is 12.4. The Morgan fingerprint density at radius 1 is 1.21 bits per heavy atom. The molecule has 0 amide bonds. The highest BCUT2D eigenvalue weighted by Gasteiger charge is 2.25. The van der Waals surface area contributed by atoms with Gasteiger partial charge in [0.25, 0.3) is 0 Å². The minimum absolute atomic E-state index is 0. The molecule has 0 saturated carbocycles. The average molecular weight is 512 g/mol. The van der Waals surface area contributed by atoms with Gasteiger partial charge in [-0.2, -0.15) is 0 Å². The molecule has 6 nitrogen and oxygen atoms in total. The fraction of sp³-hybridized carbons (Fsp3) is 0.500. The third kappa shape index (κ3) is 6.64. The Labute approximate surface area is 191 Å². The van der Waals surface area contributed by atoms with Gasteiger partial charge in [-0.15, -0.1) is 24.0 Å². The van der Waals surface area contributed by atoms with E-state index in [0.717, 1.165) is 43.6 Å². The minimum Gasteiger partial charge on any atom is -0.497 e. The molecule has 1 saturated heterocycles. The van der Waals surface area contributed by atoms with Crippen molar-refractivity contribution < 1.29 is 9.15 Å². The van der Waals surface area contributed by atoms with Crippen molar-refractivity contribution in [1.82, 2.24) is 15.1 Å². The van der Waals surface area contributed by atoms with Crippen molar-refractivity contribution in [2.75, 3.05) is 40.8 Å². The third-order valence-corrected chi connectivity index (χ3v) is 5.31. The van der Waals surface area contributed by atoms with Gasteiger partial charge in [-0.3, -0.25) is 9.89 Å². The van der Waals surface area contributed by atoms with Gasteiger partial charge in [0, 0.05) is 27.2 Å². The van der Waals surface area contributed by atoms with Crippen molar-refractivity contribution in [2.24, 2.45) is 4.99 Å². The Morgan fingerprint density at radius 2 is 1.93 bits per heavy atom. The number of nitrogens with zero attached hydrogens (tertiary/aromatic N) is 3. The van der Waals surface area contributed by atoms with Gasteiger partial charge in [-0.05, 0) is 55.8 Å². The summed E-state index contributed by atoms with van der Waals surface area (Å²) in [5.41, 5.74) is 1.21. The summed E-state index contributed by atoms with van der Waals surface area (Å²) in [7, 11) is 5.57. The molecule has 1 aliphatic rings. The molecule has 160 valence electrons. The lowest BCUT2D eigenvalue weighted by Crippen LogP contribution is -2.44. The maximum atomic E-state index is 5.75. The van der Waals surface area contributed by atoms with Gasteiger partial charge < -0.3 is 19.4 Å². The average Bonchev–Trinajstić information content (AvgIpc) is 3.27. The number of aliphatic imine (C=N–C) groups is 1. The van der Waals surface area contributed by atoms with Crippen LogP contribution in [-0.4, -0.2) is 56.6 Å². The summed E-state index contributed by atoms with van der Waals surface area (Å²) in [6.07, 6.45) is 5.59. The summed E-state index contributed by atoms with van der Waals surface area (Å²) in [5, 5.41) is 3.55. The Bertz CT molecular complexity index is 728. The number of hydrogen-bond donors (Lipinski definition) is 1. The predicted molar refractivity (Wildman–Crippen MR) is 128 cm³/mol. The van der Waals surface area contributed by atoms with E-state index in [1.807, 2.05) is 25.2 Å². The molecule has 1 aliphatic heterocycles. The molecule has 2 heterocycles. The van der Waals surface area contributed by atoms with E-state index in [0.29, 0.717) is 0 Å². The van der Waals surface area contributed by atoms with Gasteiger partial charge in [-0.1, -0.05) is 18.6 Å². The molecule has 7 heteroatoms. The fourth-order valence-electron chi connectivity index (χ4n) is 3.77. The summed E-state index contributed by atoms with van der Waals surface area (Å²) in [5.74, 6) is 2.77. The molecule has 1 N–H and O–H groups in total. The summed E-state index contributed by atoms with van der Waals surface area (Å²) < 4.78 is 11.0. The number of methoxy groups -OCH3 is 1. The number of likely N-dealkylation sites (tertiary alicyclic amines) is 1. The smallest absolute Gasteiger partial charge is 0.193 e. The lowest BCUT2D eigenvalue weighted by Gasteiger charge is -2.34. The van der Waals surface area contributed by atoms with E-state index < -0.39 is 0 Å². The van der Waals surface area contributed by atoms with Crippen molar-refractivity contribution in [3.05, 3.63) is 54.0 Å². The minimum atomic E-state index is 0. The van der Waals surface area contributed by atoms with Gasteiger partial charge in [0.1, 0.15) is 11.5 Å². The zero-order valence-electron chi connectivity index (χ0n) is 17.6. The van der Waals surface area contributed by atoms with E-state index in [-0.39, 0.29) is 30.0 Å². The van der Waals surface area contributed by atoms with Crippen molar-refractivity contribution in [3.8, 4) is 5.75 Å². The second-order valence-corrected chi connectivity index (χ2v) is 7.26. The van der Waals surface area contributed by atoms with E-state index >= 15 is 0 Å². The molecule has 2 aromatic rings. The zero-order valence-corrected chi connectivity index (χ0v) is 20.0. The van der Waals surface area contributed by atoms with Crippen LogP contribution in [0, 0.1) is 0 Å². The molecule has 1 atom stereocenters. The van der Waals surface area contributed by atoms with Crippen molar-refractivity contribution in [2.45, 2.75) is 31.8 Å². The van der Waals surface area contributed by atoms with Gasteiger partial charge >= 0.3 is 0 Å². The number of furan rings is 1. The first-order valence-electron chi connectivity index (χ1n) is 10.0. The lowest BCUT2D eigenvalue weighted by molar-refractivity contribution is 0.146. The Kier molecular flexibility index (Phi) is 9.80. The topological polar surface area (TPSA) is 53.2 Å². The van der Waals surface area contributed by atoms with Crippen LogP contribution in [0.4, 0.5) is 0 Å². The zero-order chi connectivity index (χ0) is 19.8. The largest absolute Gasteiger partial charge is 0.497 e. The van der Waals surface area contributed by atoms with Crippen LogP contribution in [0.5, 0.6) is 5.75 Å². The van der Waals surface area contributed by atoms with Crippen LogP contribution in [0.1, 0.15) is 36.6 Å². The van der Waals surface area contributed by atoms with E-state index in [2.05, 4.69) is 45.4 Å². The van der Waals surface area contributed by atoms with Crippen LogP contribution in [0.15, 0.2) is 52.1 Å². The molecule has 1 aromatic heterocycles. The quantitative estimate of drug-likeness (QED) is 0.344. The molecule has 1 fully saturated rings. The molecule has 3 rings (SSSR count). The Balaban J connectivity index is 0.00000300. The van der Waals surface area contributed by atoms with E-state index in [1.165, 1.54) is 24.8 Å². The van der Waals surface area contributed by atoms with Crippen LogP contribution < -0.4 is 10.1 Å². The molecule has 0 radical (unpaired) electrons. The van der Waals surface area contributed by atoms with E-state index in [4.69, 9.17) is 9.15 Å². The third-order valence-electron chi connectivity index (χ3n) is 5.31. The van der Waals surface area contributed by atoms with E-state index in [1.54, 1.807) is 13.4 Å². The molecule has 1 aromatic carbocycles. The Hall–Kier alpha value is -1.74. The van der Waals surface area contributed by atoms with E-state index in [9.17, 15) is 0 Å². The van der Waals surface area contributed by atoms with Gasteiger partial charge in [-0.25, -0.2) is 0 Å². The second-order valence-electron chi connectivity index (χ2n) is 7.26. The van der Waals surface area contributed by atoms with Crippen LogP contribution in [0.2, 0.25) is 0 Å². The van der Waals surface area contributed by atoms with Crippen LogP contribution >= 0.6 is 24.0 Å². The second kappa shape index (κ2) is 12.1. The van der Waals surface area contributed by atoms with Crippen LogP contribution in [0.25, 0.3) is 0 Å². The molecule has 1 unspecified atom stereocenters. The highest BCUT2D eigenvalue weighted by atomic mass is 127. The number of hydrogen-bond acceptors (Lipinski definition) is 4. The first-order chi connectivity index (χ1) is 13.7. The maximum absolute atomic E-state index is 5.75. The van der Waals surface area contributed by atoms with Gasteiger partial charge in [0.2, 0.25) is 0 Å². The summed E-state index contributed by atoms with van der Waals surface area (Å²) >= 11 is 0. The molecule has 0 bridgehead atoms. The molecule has 0 aliphatic carbocycles. The van der Waals surface area contributed by atoms with Crippen LogP contribution in [-0.2, 0) is 6.54 Å². The lowest BCUT2D eigenvalue weighted by atomic mass is 10.1.